The van der Waals surface area contributed by atoms with E-state index in [1.807, 2.05) is 48.2 Å². The molecule has 1 aliphatic heterocycles. The van der Waals surface area contributed by atoms with Gasteiger partial charge >= 0.3 is 0 Å². The summed E-state index contributed by atoms with van der Waals surface area (Å²) in [5.41, 5.74) is 4.29. The molecule has 0 unspecified atom stereocenters. The third kappa shape index (κ3) is 4.35. The van der Waals surface area contributed by atoms with Crippen LogP contribution in [0.2, 0.25) is 10.0 Å². The van der Waals surface area contributed by atoms with Gasteiger partial charge in [0.2, 0.25) is 0 Å². The SMILES string of the molecule is Cc1ccc(C(=O)N2CCN(Cc3ccc(Cl)c(Cl)c3)CC2)cc1C. The summed E-state index contributed by atoms with van der Waals surface area (Å²) in [6.07, 6.45) is 0. The molecule has 0 saturated carbocycles. The number of amides is 1. The molecule has 1 aliphatic rings. The molecular weight excluding hydrogens is 355 g/mol. The van der Waals surface area contributed by atoms with Gasteiger partial charge in [0.1, 0.15) is 0 Å². The second-order valence-electron chi connectivity index (χ2n) is 6.62. The number of hydrogen-bond acceptors (Lipinski definition) is 2. The minimum atomic E-state index is 0.122. The molecule has 2 aromatic rings. The molecule has 5 heteroatoms. The van der Waals surface area contributed by atoms with Crippen molar-refractivity contribution in [1.82, 2.24) is 9.80 Å². The third-order valence-electron chi connectivity index (χ3n) is 4.80. The first-order valence-electron chi connectivity index (χ1n) is 8.47. The smallest absolute Gasteiger partial charge is 0.253 e. The Labute approximate surface area is 159 Å². The summed E-state index contributed by atoms with van der Waals surface area (Å²) in [6, 6.07) is 11.7. The second kappa shape index (κ2) is 7.77. The Morgan fingerprint density at radius 1 is 0.920 bits per heavy atom. The highest BCUT2D eigenvalue weighted by atomic mass is 35.5. The van der Waals surface area contributed by atoms with Crippen molar-refractivity contribution in [3.63, 3.8) is 0 Å². The molecule has 1 heterocycles. The lowest BCUT2D eigenvalue weighted by Crippen LogP contribution is -2.48. The number of rotatable bonds is 3. The summed E-state index contributed by atoms with van der Waals surface area (Å²) in [6.45, 7) is 8.13. The minimum absolute atomic E-state index is 0.122. The fourth-order valence-electron chi connectivity index (χ4n) is 3.06. The summed E-state index contributed by atoms with van der Waals surface area (Å²) in [4.78, 5) is 17.0. The Morgan fingerprint density at radius 3 is 2.28 bits per heavy atom. The van der Waals surface area contributed by atoms with Crippen LogP contribution in [0, 0.1) is 13.8 Å². The van der Waals surface area contributed by atoms with Crippen molar-refractivity contribution in [3.05, 3.63) is 68.7 Å². The maximum atomic E-state index is 12.7. The highest BCUT2D eigenvalue weighted by Crippen LogP contribution is 2.23. The monoisotopic (exact) mass is 376 g/mol. The fourth-order valence-corrected chi connectivity index (χ4v) is 3.38. The molecule has 0 N–H and O–H groups in total. The van der Waals surface area contributed by atoms with E-state index in [-0.39, 0.29) is 5.91 Å². The quantitative estimate of drug-likeness (QED) is 0.783. The number of carbonyl (C=O) groups is 1. The van der Waals surface area contributed by atoms with Crippen LogP contribution in [0.1, 0.15) is 27.0 Å². The number of carbonyl (C=O) groups excluding carboxylic acids is 1. The summed E-state index contributed by atoms with van der Waals surface area (Å²) in [5.74, 6) is 0.122. The van der Waals surface area contributed by atoms with Crippen LogP contribution in [0.4, 0.5) is 0 Å². The van der Waals surface area contributed by atoms with Crippen molar-refractivity contribution in [2.75, 3.05) is 26.2 Å². The molecule has 132 valence electrons. The van der Waals surface area contributed by atoms with Crippen LogP contribution in [-0.4, -0.2) is 41.9 Å². The van der Waals surface area contributed by atoms with Gasteiger partial charge in [-0.3, -0.25) is 9.69 Å². The van der Waals surface area contributed by atoms with Crippen LogP contribution in [-0.2, 0) is 6.54 Å². The zero-order chi connectivity index (χ0) is 18.0. The molecule has 1 amide bonds. The van der Waals surface area contributed by atoms with Gasteiger partial charge in [0, 0.05) is 38.3 Å². The van der Waals surface area contributed by atoms with E-state index in [0.717, 1.165) is 49.4 Å². The molecule has 0 atom stereocenters. The standard InChI is InChI=1S/C20H22Cl2N2O/c1-14-3-5-17(11-15(14)2)20(25)24-9-7-23(8-10-24)13-16-4-6-18(21)19(22)12-16/h3-6,11-12H,7-10,13H2,1-2H3. The Kier molecular flexibility index (Phi) is 5.67. The first-order valence-corrected chi connectivity index (χ1v) is 9.22. The summed E-state index contributed by atoms with van der Waals surface area (Å²) in [7, 11) is 0. The molecular formula is C20H22Cl2N2O. The van der Waals surface area contributed by atoms with Crippen molar-refractivity contribution < 1.29 is 4.79 Å². The number of nitrogens with zero attached hydrogens (tertiary/aromatic N) is 2. The fraction of sp³-hybridized carbons (Fsp3) is 0.350. The van der Waals surface area contributed by atoms with Gasteiger partial charge in [0.25, 0.3) is 5.91 Å². The van der Waals surface area contributed by atoms with E-state index in [0.29, 0.717) is 10.0 Å². The van der Waals surface area contributed by atoms with Crippen LogP contribution < -0.4 is 0 Å². The van der Waals surface area contributed by atoms with Gasteiger partial charge in [-0.1, -0.05) is 35.3 Å². The maximum Gasteiger partial charge on any atom is 0.253 e. The number of halogens is 2. The van der Waals surface area contributed by atoms with Crippen molar-refractivity contribution in [2.45, 2.75) is 20.4 Å². The zero-order valence-corrected chi connectivity index (χ0v) is 16.1. The third-order valence-corrected chi connectivity index (χ3v) is 5.54. The zero-order valence-electron chi connectivity index (χ0n) is 14.6. The molecule has 2 aromatic carbocycles. The van der Waals surface area contributed by atoms with E-state index in [1.165, 1.54) is 5.56 Å². The van der Waals surface area contributed by atoms with Crippen molar-refractivity contribution in [2.24, 2.45) is 0 Å². The number of hydrogen-bond donors (Lipinski definition) is 0. The van der Waals surface area contributed by atoms with E-state index in [9.17, 15) is 4.79 Å². The van der Waals surface area contributed by atoms with Gasteiger partial charge in [-0.2, -0.15) is 0 Å². The average Bonchev–Trinajstić information content (AvgIpc) is 2.61. The molecule has 0 spiro atoms. The van der Waals surface area contributed by atoms with Gasteiger partial charge < -0.3 is 4.90 Å². The first kappa shape index (κ1) is 18.2. The lowest BCUT2D eigenvalue weighted by Gasteiger charge is -2.35. The van der Waals surface area contributed by atoms with Crippen LogP contribution >= 0.6 is 23.2 Å². The summed E-state index contributed by atoms with van der Waals surface area (Å²) >= 11 is 12.1. The van der Waals surface area contributed by atoms with E-state index >= 15 is 0 Å². The summed E-state index contributed by atoms with van der Waals surface area (Å²) in [5, 5.41) is 1.16. The normalized spacial score (nSPS) is 15.4. The average molecular weight is 377 g/mol. The van der Waals surface area contributed by atoms with Crippen molar-refractivity contribution >= 4 is 29.1 Å². The highest BCUT2D eigenvalue weighted by molar-refractivity contribution is 6.42. The van der Waals surface area contributed by atoms with E-state index in [1.54, 1.807) is 0 Å². The Balaban J connectivity index is 1.58. The second-order valence-corrected chi connectivity index (χ2v) is 7.43. The number of benzene rings is 2. The maximum absolute atomic E-state index is 12.7. The molecule has 0 aromatic heterocycles. The molecule has 3 rings (SSSR count). The van der Waals surface area contributed by atoms with Gasteiger partial charge in [-0.15, -0.1) is 0 Å². The minimum Gasteiger partial charge on any atom is -0.336 e. The van der Waals surface area contributed by atoms with Gasteiger partial charge in [-0.25, -0.2) is 0 Å². The predicted molar refractivity (Wildman–Crippen MR) is 104 cm³/mol. The van der Waals surface area contributed by atoms with Crippen molar-refractivity contribution in [1.29, 1.82) is 0 Å². The molecule has 1 saturated heterocycles. The lowest BCUT2D eigenvalue weighted by atomic mass is 10.1. The first-order chi connectivity index (χ1) is 11.9. The predicted octanol–water partition coefficient (Wildman–Crippen LogP) is 4.57. The Morgan fingerprint density at radius 2 is 1.64 bits per heavy atom. The van der Waals surface area contributed by atoms with E-state index in [2.05, 4.69) is 11.8 Å². The number of aryl methyl sites for hydroxylation is 2. The van der Waals surface area contributed by atoms with Gasteiger partial charge in [-0.05, 0) is 54.8 Å². The van der Waals surface area contributed by atoms with Crippen LogP contribution in [0.5, 0.6) is 0 Å². The molecule has 0 aliphatic carbocycles. The van der Waals surface area contributed by atoms with E-state index < -0.39 is 0 Å². The van der Waals surface area contributed by atoms with Crippen LogP contribution in [0.15, 0.2) is 36.4 Å². The molecule has 0 radical (unpaired) electrons. The molecule has 0 bridgehead atoms. The van der Waals surface area contributed by atoms with Gasteiger partial charge in [0.05, 0.1) is 10.0 Å². The summed E-state index contributed by atoms with van der Waals surface area (Å²) < 4.78 is 0. The number of piperazine rings is 1. The molecule has 3 nitrogen and oxygen atoms in total. The highest BCUT2D eigenvalue weighted by Gasteiger charge is 2.22. The van der Waals surface area contributed by atoms with Crippen molar-refractivity contribution in [3.8, 4) is 0 Å². The molecule has 25 heavy (non-hydrogen) atoms. The largest absolute Gasteiger partial charge is 0.336 e. The van der Waals surface area contributed by atoms with Crippen LogP contribution in [0.25, 0.3) is 0 Å². The Hall–Kier alpha value is -1.55. The van der Waals surface area contributed by atoms with Crippen LogP contribution in [0.3, 0.4) is 0 Å². The topological polar surface area (TPSA) is 23.6 Å². The van der Waals surface area contributed by atoms with Gasteiger partial charge in [0.15, 0.2) is 0 Å². The molecule has 1 fully saturated rings. The van der Waals surface area contributed by atoms with E-state index in [4.69, 9.17) is 23.2 Å². The lowest BCUT2D eigenvalue weighted by molar-refractivity contribution is 0.0628. The Bertz CT molecular complexity index is 783.